The van der Waals surface area contributed by atoms with Crippen LogP contribution in [0.2, 0.25) is 0 Å². The Morgan fingerprint density at radius 3 is 2.48 bits per heavy atom. The van der Waals surface area contributed by atoms with Gasteiger partial charge in [0.05, 0.1) is 0 Å². The Balaban J connectivity index is 1.78. The molecule has 8 heteroatoms. The van der Waals surface area contributed by atoms with Gasteiger partial charge in [0.15, 0.2) is 6.61 Å². The highest BCUT2D eigenvalue weighted by atomic mass is 19.4. The van der Waals surface area contributed by atoms with E-state index >= 15 is 0 Å². The fourth-order valence-electron chi connectivity index (χ4n) is 1.98. The predicted octanol–water partition coefficient (Wildman–Crippen LogP) is 4.13. The highest BCUT2D eigenvalue weighted by Crippen LogP contribution is 2.21. The van der Waals surface area contributed by atoms with Gasteiger partial charge in [0.2, 0.25) is 0 Å². The molecule has 0 aromatic heterocycles. The normalized spacial score (nSPS) is 11.0. The first-order valence-electron chi connectivity index (χ1n) is 7.41. The van der Waals surface area contributed by atoms with Crippen LogP contribution in [0.15, 0.2) is 48.5 Å². The molecule has 0 aliphatic carbocycles. The van der Waals surface area contributed by atoms with Crippen LogP contribution in [0.25, 0.3) is 0 Å². The van der Waals surface area contributed by atoms with Gasteiger partial charge in [-0.25, -0.2) is 9.18 Å². The van der Waals surface area contributed by atoms with Crippen LogP contribution in [-0.4, -0.2) is 25.4 Å². The van der Waals surface area contributed by atoms with Gasteiger partial charge in [0.1, 0.15) is 11.6 Å². The van der Waals surface area contributed by atoms with Crippen LogP contribution in [0.4, 0.5) is 28.0 Å². The first-order chi connectivity index (χ1) is 11.8. The van der Waals surface area contributed by atoms with Crippen LogP contribution in [-0.2, 0) is 6.42 Å². The monoisotopic (exact) mass is 356 g/mol. The van der Waals surface area contributed by atoms with Crippen molar-refractivity contribution in [2.45, 2.75) is 12.6 Å². The highest BCUT2D eigenvalue weighted by Gasteiger charge is 2.28. The maximum Gasteiger partial charge on any atom is 0.422 e. The third-order valence-corrected chi connectivity index (χ3v) is 3.11. The number of benzene rings is 2. The summed E-state index contributed by atoms with van der Waals surface area (Å²) in [6.07, 6.45) is -3.91. The van der Waals surface area contributed by atoms with Crippen LogP contribution in [0.1, 0.15) is 5.56 Å². The molecule has 0 aliphatic rings. The van der Waals surface area contributed by atoms with Crippen LogP contribution in [0.3, 0.4) is 0 Å². The smallest absolute Gasteiger partial charge is 0.422 e. The van der Waals surface area contributed by atoms with Crippen molar-refractivity contribution in [3.8, 4) is 5.75 Å². The standard InChI is InChI=1S/C17H16F4N2O2/c18-13-6-4-12(5-7-13)8-9-22-16(24)23-14-2-1-3-15(10-14)25-11-17(19,20)21/h1-7,10H,8-9,11H2,(H2,22,23,24). The van der Waals surface area contributed by atoms with Crippen molar-refractivity contribution in [3.63, 3.8) is 0 Å². The van der Waals surface area contributed by atoms with E-state index in [2.05, 4.69) is 15.4 Å². The number of ether oxygens (including phenoxy) is 1. The number of alkyl halides is 3. The summed E-state index contributed by atoms with van der Waals surface area (Å²) in [5, 5.41) is 5.11. The van der Waals surface area contributed by atoms with E-state index in [1.807, 2.05) is 0 Å². The molecule has 2 rings (SSSR count). The number of amides is 2. The molecular weight excluding hydrogens is 340 g/mol. The number of hydrogen-bond donors (Lipinski definition) is 2. The largest absolute Gasteiger partial charge is 0.484 e. The molecule has 0 aliphatic heterocycles. The molecule has 0 spiro atoms. The molecule has 0 atom stereocenters. The van der Waals surface area contributed by atoms with E-state index in [1.165, 1.54) is 36.4 Å². The molecule has 0 heterocycles. The second-order valence-corrected chi connectivity index (χ2v) is 5.19. The molecule has 2 amide bonds. The number of anilines is 1. The van der Waals surface area contributed by atoms with Crippen molar-refractivity contribution in [2.75, 3.05) is 18.5 Å². The van der Waals surface area contributed by atoms with E-state index in [-0.39, 0.29) is 11.6 Å². The van der Waals surface area contributed by atoms with Gasteiger partial charge in [-0.2, -0.15) is 13.2 Å². The van der Waals surface area contributed by atoms with Crippen molar-refractivity contribution in [3.05, 3.63) is 59.9 Å². The number of hydrogen-bond acceptors (Lipinski definition) is 2. The van der Waals surface area contributed by atoms with Crippen molar-refractivity contribution < 1.29 is 27.1 Å². The van der Waals surface area contributed by atoms with Gasteiger partial charge in [-0.05, 0) is 36.2 Å². The fraction of sp³-hybridized carbons (Fsp3) is 0.235. The molecule has 0 radical (unpaired) electrons. The van der Waals surface area contributed by atoms with Crippen molar-refractivity contribution in [1.82, 2.24) is 5.32 Å². The highest BCUT2D eigenvalue weighted by molar-refractivity contribution is 5.89. The summed E-state index contributed by atoms with van der Waals surface area (Å²) in [5.41, 5.74) is 1.17. The molecule has 4 nitrogen and oxygen atoms in total. The molecular formula is C17H16F4N2O2. The van der Waals surface area contributed by atoms with E-state index in [9.17, 15) is 22.4 Å². The minimum Gasteiger partial charge on any atom is -0.484 e. The topological polar surface area (TPSA) is 50.4 Å². The van der Waals surface area contributed by atoms with Crippen molar-refractivity contribution in [1.29, 1.82) is 0 Å². The van der Waals surface area contributed by atoms with Crippen LogP contribution < -0.4 is 15.4 Å². The molecule has 2 aromatic rings. The molecule has 0 unspecified atom stereocenters. The van der Waals surface area contributed by atoms with Crippen molar-refractivity contribution >= 4 is 11.7 Å². The van der Waals surface area contributed by atoms with Gasteiger partial charge < -0.3 is 15.4 Å². The minimum atomic E-state index is -4.43. The van der Waals surface area contributed by atoms with E-state index in [4.69, 9.17) is 0 Å². The minimum absolute atomic E-state index is 0.00133. The maximum atomic E-state index is 12.8. The van der Waals surface area contributed by atoms with Crippen LogP contribution in [0.5, 0.6) is 5.75 Å². The number of carbonyl (C=O) groups excluding carboxylic acids is 1. The number of urea groups is 1. The zero-order valence-electron chi connectivity index (χ0n) is 13.1. The predicted molar refractivity (Wildman–Crippen MR) is 85.1 cm³/mol. The van der Waals surface area contributed by atoms with Gasteiger partial charge in [-0.1, -0.05) is 18.2 Å². The fourth-order valence-corrected chi connectivity index (χ4v) is 1.98. The van der Waals surface area contributed by atoms with E-state index in [0.29, 0.717) is 18.7 Å². The lowest BCUT2D eigenvalue weighted by molar-refractivity contribution is -0.153. The Labute approximate surface area is 141 Å². The van der Waals surface area contributed by atoms with Gasteiger partial charge >= 0.3 is 12.2 Å². The summed E-state index contributed by atoms with van der Waals surface area (Å²) in [5.74, 6) is -0.330. The molecule has 2 aromatic carbocycles. The Morgan fingerprint density at radius 1 is 1.08 bits per heavy atom. The number of halogens is 4. The molecule has 2 N–H and O–H groups in total. The summed E-state index contributed by atoms with van der Waals surface area (Å²) in [6, 6.07) is 11.1. The summed E-state index contributed by atoms with van der Waals surface area (Å²) in [7, 11) is 0. The number of carbonyl (C=O) groups is 1. The second kappa shape index (κ2) is 8.36. The summed E-state index contributed by atoms with van der Waals surface area (Å²) in [4.78, 5) is 11.8. The van der Waals surface area contributed by atoms with Crippen LogP contribution >= 0.6 is 0 Å². The lowest BCUT2D eigenvalue weighted by atomic mass is 10.1. The SMILES string of the molecule is O=C(NCCc1ccc(F)cc1)Nc1cccc(OCC(F)(F)F)c1. The van der Waals surface area contributed by atoms with Crippen molar-refractivity contribution in [2.24, 2.45) is 0 Å². The van der Waals surface area contributed by atoms with Gasteiger partial charge in [-0.15, -0.1) is 0 Å². The summed E-state index contributed by atoms with van der Waals surface area (Å²) >= 11 is 0. The lowest BCUT2D eigenvalue weighted by Gasteiger charge is -2.11. The van der Waals surface area contributed by atoms with Crippen LogP contribution in [0, 0.1) is 5.82 Å². The van der Waals surface area contributed by atoms with Gasteiger partial charge in [0.25, 0.3) is 0 Å². The third kappa shape index (κ3) is 7.11. The Bertz CT molecular complexity index is 703. The Hall–Kier alpha value is -2.77. The second-order valence-electron chi connectivity index (χ2n) is 5.19. The molecule has 0 bridgehead atoms. The van der Waals surface area contributed by atoms with E-state index in [1.54, 1.807) is 12.1 Å². The Morgan fingerprint density at radius 2 is 1.80 bits per heavy atom. The third-order valence-electron chi connectivity index (χ3n) is 3.11. The molecule has 0 fully saturated rings. The van der Waals surface area contributed by atoms with E-state index in [0.717, 1.165) is 5.56 Å². The summed E-state index contributed by atoms with van der Waals surface area (Å²) < 4.78 is 53.8. The number of rotatable bonds is 6. The zero-order valence-corrected chi connectivity index (χ0v) is 13.1. The quantitative estimate of drug-likeness (QED) is 0.765. The van der Waals surface area contributed by atoms with Gasteiger partial charge in [-0.3, -0.25) is 0 Å². The average molecular weight is 356 g/mol. The molecule has 0 saturated heterocycles. The Kier molecular flexibility index (Phi) is 6.21. The lowest BCUT2D eigenvalue weighted by Crippen LogP contribution is -2.30. The first kappa shape index (κ1) is 18.6. The zero-order chi connectivity index (χ0) is 18.3. The summed E-state index contributed by atoms with van der Waals surface area (Å²) in [6.45, 7) is -1.08. The molecule has 134 valence electrons. The average Bonchev–Trinajstić information content (AvgIpc) is 2.54. The van der Waals surface area contributed by atoms with Gasteiger partial charge in [0, 0.05) is 18.3 Å². The maximum absolute atomic E-state index is 12.8. The van der Waals surface area contributed by atoms with E-state index < -0.39 is 18.8 Å². The molecule has 25 heavy (non-hydrogen) atoms. The first-order valence-corrected chi connectivity index (χ1v) is 7.41. The number of nitrogens with one attached hydrogen (secondary N) is 2. The molecule has 0 saturated carbocycles.